The second kappa shape index (κ2) is 10.2. The third kappa shape index (κ3) is 4.68. The number of carbonyl (C=O) groups excluding carboxylic acids is 3. The number of allylic oxidation sites excluding steroid dienone is 1. The van der Waals surface area contributed by atoms with Crippen LogP contribution in [0.3, 0.4) is 0 Å². The van der Waals surface area contributed by atoms with Crippen LogP contribution in [0.25, 0.3) is 0 Å². The zero-order chi connectivity index (χ0) is 26.7. The highest BCUT2D eigenvalue weighted by Crippen LogP contribution is 2.37. The van der Waals surface area contributed by atoms with Gasteiger partial charge in [-0.15, -0.1) is 0 Å². The molecule has 1 atom stereocenters. The van der Waals surface area contributed by atoms with Crippen molar-refractivity contribution in [1.82, 2.24) is 9.80 Å². The minimum absolute atomic E-state index is 0.0199. The fourth-order valence-corrected chi connectivity index (χ4v) is 4.40. The van der Waals surface area contributed by atoms with Crippen LogP contribution in [-0.4, -0.2) is 59.0 Å². The van der Waals surface area contributed by atoms with Crippen molar-refractivity contribution in [3.05, 3.63) is 77.1 Å². The van der Waals surface area contributed by atoms with E-state index in [1.165, 1.54) is 29.1 Å². The molecule has 37 heavy (non-hydrogen) atoms. The van der Waals surface area contributed by atoms with Gasteiger partial charge in [0.15, 0.2) is 11.6 Å². The molecule has 0 unspecified atom stereocenters. The lowest BCUT2D eigenvalue weighted by Crippen LogP contribution is -2.72. The van der Waals surface area contributed by atoms with Gasteiger partial charge in [-0.05, 0) is 38.1 Å². The Morgan fingerprint density at radius 3 is 2.35 bits per heavy atom. The van der Waals surface area contributed by atoms with Gasteiger partial charge in [0.1, 0.15) is 11.2 Å². The van der Waals surface area contributed by atoms with Gasteiger partial charge >= 0.3 is 6.03 Å². The molecule has 0 radical (unpaired) electrons. The summed E-state index contributed by atoms with van der Waals surface area (Å²) in [7, 11) is 0. The summed E-state index contributed by atoms with van der Waals surface area (Å²) in [6, 6.07) is 9.85. The van der Waals surface area contributed by atoms with Crippen molar-refractivity contribution in [3.8, 4) is 11.8 Å². The number of hydrogen-bond donors (Lipinski definition) is 1. The van der Waals surface area contributed by atoms with Gasteiger partial charge in [0.25, 0.3) is 5.91 Å². The maximum Gasteiger partial charge on any atom is 0.332 e. The Morgan fingerprint density at radius 1 is 1.08 bits per heavy atom. The summed E-state index contributed by atoms with van der Waals surface area (Å²) in [5.41, 5.74) is 4.36. The molecule has 0 aromatic heterocycles. The molecule has 2 N–H and O–H groups in total. The fourth-order valence-electron chi connectivity index (χ4n) is 4.40. The molecule has 2 aliphatic heterocycles. The Hall–Kier alpha value is -4.52. The third-order valence-corrected chi connectivity index (χ3v) is 6.27. The number of anilines is 1. The van der Waals surface area contributed by atoms with Crippen LogP contribution in [0.1, 0.15) is 31.4 Å². The van der Waals surface area contributed by atoms with Crippen LogP contribution < -0.4 is 10.6 Å². The van der Waals surface area contributed by atoms with Gasteiger partial charge in [-0.3, -0.25) is 14.6 Å². The number of urea groups is 1. The second-order valence-corrected chi connectivity index (χ2v) is 8.69. The molecule has 2 aliphatic rings. The molecule has 0 spiro atoms. The highest BCUT2D eigenvalue weighted by atomic mass is 19.1. The SMILES string of the molecule is CCN=CC(=CN)N1CCN2C(=O)N(c3c(F)cc(C#Cc4ccccc4)cc3F)C(=O)C[C@@]2(C)C1=O. The molecule has 4 amide bonds. The maximum absolute atomic E-state index is 15.1. The summed E-state index contributed by atoms with van der Waals surface area (Å²) in [6.07, 6.45) is 2.20. The van der Waals surface area contributed by atoms with Crippen LogP contribution in [0.5, 0.6) is 0 Å². The maximum atomic E-state index is 15.1. The minimum atomic E-state index is -1.55. The Balaban J connectivity index is 1.64. The molecule has 0 saturated carbocycles. The number of halogens is 2. The van der Waals surface area contributed by atoms with Crippen LogP contribution >= 0.6 is 0 Å². The van der Waals surface area contributed by atoms with Gasteiger partial charge in [0.2, 0.25) is 5.91 Å². The largest absolute Gasteiger partial charge is 0.403 e. The number of nitrogens with zero attached hydrogens (tertiary/aromatic N) is 4. The molecule has 2 aromatic carbocycles. The average Bonchev–Trinajstić information content (AvgIpc) is 2.87. The molecule has 10 heteroatoms. The standard InChI is InChI=1S/C27H25F2N5O3/c1-3-31-17-20(16-30)32-11-12-33-26(37)34(23(35)15-27(33,2)25(32)36)24-21(28)13-19(14-22(24)29)10-9-18-7-5-4-6-8-18/h4-8,13-14,16-17H,3,11-12,15,30H2,1-2H3/t27-/m0/s1. The number of aliphatic imine (C=N–C) groups is 1. The number of fused-ring (bicyclic) bond motifs is 1. The van der Waals surface area contributed by atoms with Crippen molar-refractivity contribution in [1.29, 1.82) is 0 Å². The van der Waals surface area contributed by atoms with Crippen LogP contribution in [-0.2, 0) is 9.59 Å². The van der Waals surface area contributed by atoms with E-state index in [1.54, 1.807) is 24.3 Å². The van der Waals surface area contributed by atoms with E-state index >= 15 is 8.78 Å². The van der Waals surface area contributed by atoms with Gasteiger partial charge in [-0.2, -0.15) is 0 Å². The second-order valence-electron chi connectivity index (χ2n) is 8.69. The number of carbonyl (C=O) groups is 3. The Labute approximate surface area is 213 Å². The Bertz CT molecular complexity index is 1360. The smallest absolute Gasteiger partial charge is 0.332 e. The number of nitrogens with two attached hydrogens (primary N) is 1. The van der Waals surface area contributed by atoms with Crippen LogP contribution in [0.15, 0.2) is 59.4 Å². The first-order valence-corrected chi connectivity index (χ1v) is 11.7. The molecule has 2 saturated heterocycles. The number of piperazine rings is 1. The highest BCUT2D eigenvalue weighted by Gasteiger charge is 2.56. The molecule has 2 fully saturated rings. The normalized spacial score (nSPS) is 20.3. The van der Waals surface area contributed by atoms with Crippen molar-refractivity contribution in [2.75, 3.05) is 24.5 Å². The molecular weight excluding hydrogens is 480 g/mol. The molecule has 0 bridgehead atoms. The van der Waals surface area contributed by atoms with Gasteiger partial charge in [-0.25, -0.2) is 18.5 Å². The summed E-state index contributed by atoms with van der Waals surface area (Å²) in [6.45, 7) is 3.84. The number of rotatable bonds is 4. The van der Waals surface area contributed by atoms with Crippen LogP contribution in [0, 0.1) is 23.5 Å². The topological polar surface area (TPSA) is 99.3 Å². The molecule has 2 aromatic rings. The fraction of sp³-hybridized carbons (Fsp3) is 0.259. The van der Waals surface area contributed by atoms with E-state index in [-0.39, 0.29) is 18.7 Å². The zero-order valence-corrected chi connectivity index (χ0v) is 20.4. The third-order valence-electron chi connectivity index (χ3n) is 6.27. The summed E-state index contributed by atoms with van der Waals surface area (Å²) < 4.78 is 30.2. The van der Waals surface area contributed by atoms with Crippen molar-refractivity contribution < 1.29 is 23.2 Å². The summed E-state index contributed by atoms with van der Waals surface area (Å²) in [5, 5.41) is 0. The molecule has 4 rings (SSSR count). The average molecular weight is 506 g/mol. The Morgan fingerprint density at radius 2 is 1.73 bits per heavy atom. The van der Waals surface area contributed by atoms with E-state index in [0.29, 0.717) is 22.7 Å². The predicted octanol–water partition coefficient (Wildman–Crippen LogP) is 3.02. The predicted molar refractivity (Wildman–Crippen MR) is 134 cm³/mol. The van der Waals surface area contributed by atoms with E-state index in [1.807, 2.05) is 13.0 Å². The highest BCUT2D eigenvalue weighted by molar-refractivity contribution is 6.19. The lowest BCUT2D eigenvalue weighted by atomic mass is 9.88. The molecule has 190 valence electrons. The first kappa shape index (κ1) is 25.6. The number of amides is 4. The first-order valence-electron chi connectivity index (χ1n) is 11.7. The summed E-state index contributed by atoms with van der Waals surface area (Å²) >= 11 is 0. The van der Waals surface area contributed by atoms with Gasteiger partial charge in [0, 0.05) is 43.2 Å². The molecular formula is C27H25F2N5O3. The van der Waals surface area contributed by atoms with Crippen LogP contribution in [0.4, 0.5) is 19.3 Å². The minimum Gasteiger partial charge on any atom is -0.403 e. The van der Waals surface area contributed by atoms with Crippen molar-refractivity contribution >= 4 is 29.7 Å². The van der Waals surface area contributed by atoms with Crippen molar-refractivity contribution in [2.45, 2.75) is 25.8 Å². The summed E-state index contributed by atoms with van der Waals surface area (Å²) in [5.74, 6) is 1.82. The van der Waals surface area contributed by atoms with E-state index in [9.17, 15) is 14.4 Å². The molecule has 2 heterocycles. The lowest BCUT2D eigenvalue weighted by molar-refractivity contribution is -0.149. The van der Waals surface area contributed by atoms with Gasteiger partial charge < -0.3 is 15.5 Å². The van der Waals surface area contributed by atoms with Gasteiger partial charge in [-0.1, -0.05) is 30.0 Å². The van der Waals surface area contributed by atoms with E-state index in [2.05, 4.69) is 16.8 Å². The number of imide groups is 1. The quantitative estimate of drug-likeness (QED) is 0.510. The first-order chi connectivity index (χ1) is 17.7. The van der Waals surface area contributed by atoms with Crippen molar-refractivity contribution in [3.63, 3.8) is 0 Å². The lowest BCUT2D eigenvalue weighted by Gasteiger charge is -2.51. The van der Waals surface area contributed by atoms with Crippen LogP contribution in [0.2, 0.25) is 0 Å². The van der Waals surface area contributed by atoms with Crippen molar-refractivity contribution in [2.24, 2.45) is 10.7 Å². The van der Waals surface area contributed by atoms with E-state index < -0.39 is 47.1 Å². The summed E-state index contributed by atoms with van der Waals surface area (Å²) in [4.78, 5) is 47.0. The monoisotopic (exact) mass is 505 g/mol. The molecule has 8 nitrogen and oxygen atoms in total. The van der Waals surface area contributed by atoms with E-state index in [4.69, 9.17) is 5.73 Å². The van der Waals surface area contributed by atoms with Gasteiger partial charge in [0.05, 0.1) is 12.1 Å². The Kier molecular flexibility index (Phi) is 7.07. The van der Waals surface area contributed by atoms with E-state index in [0.717, 1.165) is 12.1 Å². The number of benzene rings is 2. The number of hydrogen-bond acceptors (Lipinski definition) is 5. The zero-order valence-electron chi connectivity index (χ0n) is 20.4. The molecule has 0 aliphatic carbocycles.